The van der Waals surface area contributed by atoms with Gasteiger partial charge < -0.3 is 10.2 Å². The molecule has 94 valence electrons. The maximum Gasteiger partial charge on any atom is 0.223 e. The first kappa shape index (κ1) is 14.1. The summed E-state index contributed by atoms with van der Waals surface area (Å²) >= 11 is 3.39. The summed E-state index contributed by atoms with van der Waals surface area (Å²) < 4.78 is 0.975. The van der Waals surface area contributed by atoms with Gasteiger partial charge in [0.2, 0.25) is 5.91 Å². The monoisotopic (exact) mass is 299 g/mol. The van der Waals surface area contributed by atoms with Gasteiger partial charge in [0.1, 0.15) is 0 Å². The Bertz CT molecular complexity index is 384. The zero-order valence-corrected chi connectivity index (χ0v) is 12.0. The van der Waals surface area contributed by atoms with Crippen molar-refractivity contribution in [2.75, 3.05) is 20.6 Å². The molecule has 1 atom stereocenters. The highest BCUT2D eigenvalue weighted by atomic mass is 79.9. The lowest BCUT2D eigenvalue weighted by Gasteiger charge is -2.20. The molecule has 0 aliphatic heterocycles. The molecule has 1 amide bonds. The van der Waals surface area contributed by atoms with Crippen molar-refractivity contribution >= 4 is 21.8 Å². The molecule has 0 aromatic carbocycles. The number of carbonyl (C=O) groups is 1. The summed E-state index contributed by atoms with van der Waals surface area (Å²) in [5, 5.41) is 2.66. The molecule has 5 heteroatoms. The van der Waals surface area contributed by atoms with Gasteiger partial charge in [-0.15, -0.1) is 0 Å². The minimum Gasteiger partial charge on any atom is -0.359 e. The number of hydrogen-bond donors (Lipinski definition) is 1. The second-order valence-corrected chi connectivity index (χ2v) is 5.14. The van der Waals surface area contributed by atoms with E-state index in [0.717, 1.165) is 23.1 Å². The molecule has 1 heterocycles. The molecular weight excluding hydrogens is 282 g/mol. The molecule has 1 unspecified atom stereocenters. The zero-order chi connectivity index (χ0) is 12.8. The Kier molecular flexibility index (Phi) is 5.58. The van der Waals surface area contributed by atoms with E-state index in [4.69, 9.17) is 0 Å². The number of pyridine rings is 1. The Labute approximate surface area is 111 Å². The highest BCUT2D eigenvalue weighted by Gasteiger charge is 2.13. The van der Waals surface area contributed by atoms with E-state index in [-0.39, 0.29) is 11.8 Å². The molecule has 0 fully saturated rings. The Morgan fingerprint density at radius 1 is 1.59 bits per heavy atom. The average molecular weight is 300 g/mol. The fourth-order valence-electron chi connectivity index (χ4n) is 1.72. The van der Waals surface area contributed by atoms with Crippen molar-refractivity contribution in [2.24, 2.45) is 5.92 Å². The molecule has 17 heavy (non-hydrogen) atoms. The van der Waals surface area contributed by atoms with Crippen LogP contribution in [0.5, 0.6) is 0 Å². The van der Waals surface area contributed by atoms with Crippen LogP contribution in [0, 0.1) is 5.92 Å². The van der Waals surface area contributed by atoms with Crippen LogP contribution >= 0.6 is 15.9 Å². The molecule has 0 aliphatic carbocycles. The predicted molar refractivity (Wildman–Crippen MR) is 71.5 cm³/mol. The summed E-state index contributed by atoms with van der Waals surface area (Å²) in [7, 11) is 3.66. The Balaban J connectivity index is 2.49. The van der Waals surface area contributed by atoms with Crippen LogP contribution in [0.15, 0.2) is 22.9 Å². The van der Waals surface area contributed by atoms with Crippen molar-refractivity contribution in [3.8, 4) is 0 Å². The van der Waals surface area contributed by atoms with Crippen LogP contribution in [0.2, 0.25) is 0 Å². The molecule has 0 aliphatic rings. The summed E-state index contributed by atoms with van der Waals surface area (Å²) in [6.45, 7) is 3.44. The van der Waals surface area contributed by atoms with E-state index in [9.17, 15) is 4.79 Å². The first-order valence-corrected chi connectivity index (χ1v) is 6.31. The standard InChI is InChI=1S/C12H18BrN3O/c1-9(12(17)14-2)7-16(3)8-10-4-11(13)6-15-5-10/h4-6,9H,7-8H2,1-3H3,(H,14,17). The lowest BCUT2D eigenvalue weighted by atomic mass is 10.1. The molecule has 1 aromatic rings. The number of aromatic nitrogens is 1. The third-order valence-electron chi connectivity index (χ3n) is 2.49. The SMILES string of the molecule is CNC(=O)C(C)CN(C)Cc1cncc(Br)c1. The van der Waals surface area contributed by atoms with E-state index >= 15 is 0 Å². The maximum absolute atomic E-state index is 11.4. The highest BCUT2D eigenvalue weighted by molar-refractivity contribution is 9.10. The molecule has 0 bridgehead atoms. The van der Waals surface area contributed by atoms with Crippen molar-refractivity contribution in [3.05, 3.63) is 28.5 Å². The van der Waals surface area contributed by atoms with Crippen molar-refractivity contribution in [3.63, 3.8) is 0 Å². The fraction of sp³-hybridized carbons (Fsp3) is 0.500. The highest BCUT2D eigenvalue weighted by Crippen LogP contribution is 2.11. The topological polar surface area (TPSA) is 45.2 Å². The van der Waals surface area contributed by atoms with Crippen molar-refractivity contribution in [1.29, 1.82) is 0 Å². The lowest BCUT2D eigenvalue weighted by molar-refractivity contribution is -0.124. The largest absolute Gasteiger partial charge is 0.359 e. The van der Waals surface area contributed by atoms with E-state index in [1.165, 1.54) is 0 Å². The summed E-state index contributed by atoms with van der Waals surface area (Å²) in [5.74, 6) is 0.0642. The summed E-state index contributed by atoms with van der Waals surface area (Å²) in [6.07, 6.45) is 3.60. The summed E-state index contributed by atoms with van der Waals surface area (Å²) in [5.41, 5.74) is 1.13. The fourth-order valence-corrected chi connectivity index (χ4v) is 2.13. The number of rotatable bonds is 5. The minimum atomic E-state index is -0.00916. The number of carbonyl (C=O) groups excluding carboxylic acids is 1. The Morgan fingerprint density at radius 2 is 2.29 bits per heavy atom. The third kappa shape index (κ3) is 4.83. The quantitative estimate of drug-likeness (QED) is 0.899. The van der Waals surface area contributed by atoms with Crippen LogP contribution in [-0.4, -0.2) is 36.4 Å². The van der Waals surface area contributed by atoms with Crippen LogP contribution in [0.1, 0.15) is 12.5 Å². The second kappa shape index (κ2) is 6.71. The van der Waals surface area contributed by atoms with Gasteiger partial charge in [0.15, 0.2) is 0 Å². The van der Waals surface area contributed by atoms with Crippen LogP contribution in [0.4, 0.5) is 0 Å². The maximum atomic E-state index is 11.4. The number of nitrogens with zero attached hydrogens (tertiary/aromatic N) is 2. The van der Waals surface area contributed by atoms with Gasteiger partial charge in [-0.1, -0.05) is 6.92 Å². The Hall–Kier alpha value is -0.940. The second-order valence-electron chi connectivity index (χ2n) is 4.22. The minimum absolute atomic E-state index is 0.00916. The van der Waals surface area contributed by atoms with Gasteiger partial charge in [0.05, 0.1) is 0 Å². The normalized spacial score (nSPS) is 12.5. The van der Waals surface area contributed by atoms with Gasteiger partial charge >= 0.3 is 0 Å². The van der Waals surface area contributed by atoms with E-state index in [1.807, 2.05) is 26.2 Å². The molecule has 0 spiro atoms. The molecule has 1 N–H and O–H groups in total. The van der Waals surface area contributed by atoms with E-state index < -0.39 is 0 Å². The van der Waals surface area contributed by atoms with Crippen LogP contribution in [0.25, 0.3) is 0 Å². The van der Waals surface area contributed by atoms with E-state index in [0.29, 0.717) is 0 Å². The molecule has 0 radical (unpaired) electrons. The molecule has 1 rings (SSSR count). The molecule has 0 saturated heterocycles. The van der Waals surface area contributed by atoms with Gasteiger partial charge in [-0.2, -0.15) is 0 Å². The van der Waals surface area contributed by atoms with Gasteiger partial charge in [-0.05, 0) is 34.6 Å². The number of nitrogens with one attached hydrogen (secondary N) is 1. The molecule has 0 saturated carbocycles. The van der Waals surface area contributed by atoms with Gasteiger partial charge in [-0.25, -0.2) is 0 Å². The van der Waals surface area contributed by atoms with Crippen molar-refractivity contribution in [1.82, 2.24) is 15.2 Å². The molecule has 4 nitrogen and oxygen atoms in total. The summed E-state index contributed by atoms with van der Waals surface area (Å²) in [4.78, 5) is 17.6. The van der Waals surface area contributed by atoms with Crippen LogP contribution in [-0.2, 0) is 11.3 Å². The third-order valence-corrected chi connectivity index (χ3v) is 2.93. The van der Waals surface area contributed by atoms with Crippen LogP contribution < -0.4 is 5.32 Å². The van der Waals surface area contributed by atoms with Crippen molar-refractivity contribution < 1.29 is 4.79 Å². The first-order valence-electron chi connectivity index (χ1n) is 5.52. The van der Waals surface area contributed by atoms with Gasteiger partial charge in [0, 0.05) is 42.9 Å². The first-order chi connectivity index (χ1) is 8.02. The van der Waals surface area contributed by atoms with Crippen LogP contribution in [0.3, 0.4) is 0 Å². The number of halogens is 1. The predicted octanol–water partition coefficient (Wildman–Crippen LogP) is 1.66. The van der Waals surface area contributed by atoms with E-state index in [2.05, 4.69) is 31.1 Å². The Morgan fingerprint density at radius 3 is 2.88 bits per heavy atom. The van der Waals surface area contributed by atoms with Gasteiger partial charge in [-0.3, -0.25) is 9.78 Å². The number of amides is 1. The zero-order valence-electron chi connectivity index (χ0n) is 10.4. The lowest BCUT2D eigenvalue weighted by Crippen LogP contribution is -2.34. The molecule has 1 aromatic heterocycles. The average Bonchev–Trinajstić information content (AvgIpc) is 2.27. The van der Waals surface area contributed by atoms with Gasteiger partial charge in [0.25, 0.3) is 0 Å². The summed E-state index contributed by atoms with van der Waals surface area (Å²) in [6, 6.07) is 2.04. The van der Waals surface area contributed by atoms with Crippen molar-refractivity contribution in [2.45, 2.75) is 13.5 Å². The molecular formula is C12H18BrN3O. The number of hydrogen-bond acceptors (Lipinski definition) is 3. The smallest absolute Gasteiger partial charge is 0.223 e. The van der Waals surface area contributed by atoms with E-state index in [1.54, 1.807) is 13.2 Å².